The molecule has 59 heavy (non-hydrogen) atoms. The maximum atomic E-state index is 17.4. The highest BCUT2D eigenvalue weighted by molar-refractivity contribution is 7.43. The molecule has 0 bridgehead atoms. The molecule has 2 N–H and O–H groups in total. The maximum absolute atomic E-state index is 17.4. The number of Topliss-reactive ketones (excluding diaryl/α,β-unsaturated/α-hetero) is 1. The van der Waals surface area contributed by atoms with Gasteiger partial charge in [0.1, 0.15) is 26.1 Å². The van der Waals surface area contributed by atoms with Crippen LogP contribution in [-0.4, -0.2) is 116 Å². The topological polar surface area (TPSA) is 225 Å². The van der Waals surface area contributed by atoms with Crippen LogP contribution < -0.4 is 5.56 Å². The van der Waals surface area contributed by atoms with Crippen LogP contribution in [0.15, 0.2) is 41.3 Å². The van der Waals surface area contributed by atoms with E-state index in [2.05, 4.69) is 15.0 Å². The predicted molar refractivity (Wildman–Crippen MR) is 205 cm³/mol. The molecule has 19 heteroatoms. The fourth-order valence-electron chi connectivity index (χ4n) is 10.6. The number of halogens is 1. The Kier molecular flexibility index (Phi) is 11.4. The number of aliphatic hydroxyl groups is 1. The lowest BCUT2D eigenvalue weighted by molar-refractivity contribution is -0.246. The summed E-state index contributed by atoms with van der Waals surface area (Å²) in [4.78, 5) is 71.1. The molecule has 5 fully saturated rings. The highest BCUT2D eigenvalue weighted by Crippen LogP contribution is 2.72. The molecule has 4 aliphatic carbocycles. The minimum Gasteiger partial charge on any atom is -0.463 e. The lowest BCUT2D eigenvalue weighted by atomic mass is 9.44. The van der Waals surface area contributed by atoms with Gasteiger partial charge in [-0.1, -0.05) is 23.1 Å². The summed E-state index contributed by atoms with van der Waals surface area (Å²) in [5.41, 5.74) is -4.63. The van der Waals surface area contributed by atoms with Gasteiger partial charge in [0.25, 0.3) is 5.56 Å². The van der Waals surface area contributed by atoms with Gasteiger partial charge in [0, 0.05) is 23.7 Å². The molecule has 0 radical (unpaired) electrons. The van der Waals surface area contributed by atoms with Crippen LogP contribution in [0.25, 0.3) is 11.2 Å². The Bertz CT molecular complexity index is 2170. The first-order valence-corrected chi connectivity index (χ1v) is 21.7. The third kappa shape index (κ3) is 7.28. The molecule has 2 saturated heterocycles. The first-order valence-electron chi connectivity index (χ1n) is 19.8. The number of alkyl halides is 1. The van der Waals surface area contributed by atoms with Gasteiger partial charge in [-0.05, 0) is 77.4 Å². The van der Waals surface area contributed by atoms with Gasteiger partial charge < -0.3 is 38.5 Å². The summed E-state index contributed by atoms with van der Waals surface area (Å²) in [6, 6.07) is 0. The van der Waals surface area contributed by atoms with E-state index in [1.54, 1.807) is 37.7 Å². The lowest BCUT2D eigenvalue weighted by Crippen LogP contribution is -2.70. The van der Waals surface area contributed by atoms with Gasteiger partial charge in [-0.3, -0.25) is 23.7 Å². The molecule has 0 spiro atoms. The molecule has 2 aromatic rings. The van der Waals surface area contributed by atoms with E-state index in [0.717, 1.165) is 12.8 Å². The molecule has 0 amide bonds. The Labute approximate surface area is 340 Å². The zero-order valence-corrected chi connectivity index (χ0v) is 34.8. The molecular weight excluding hydrogens is 794 g/mol. The van der Waals surface area contributed by atoms with Crippen LogP contribution in [0.5, 0.6) is 0 Å². The predicted octanol–water partition coefficient (Wildman–Crippen LogP) is 4.40. The van der Waals surface area contributed by atoms with Crippen molar-refractivity contribution in [2.45, 2.75) is 115 Å². The number of esters is 1. The SMILES string of the molecule is CC(=O)OCC1CCC(n2cnc3c(=O)[nH]cnc32)O1.C[P+](=O)CCOC(=O)OCC(=O)[C@@]12OC(C)(C)O[C@@H]1CC1C3CCC4=CC(=O)C=C[C@]4(C)[C@@]3(F)[C@@H](O)C[C@@]12C. The number of aromatic amines is 1. The number of aliphatic hydroxyl groups excluding tert-OH is 1. The minimum absolute atomic E-state index is 0.0784. The van der Waals surface area contributed by atoms with E-state index in [1.807, 2.05) is 6.92 Å². The van der Waals surface area contributed by atoms with Crippen molar-refractivity contribution in [3.63, 3.8) is 0 Å². The number of H-pyrrole nitrogens is 1. The van der Waals surface area contributed by atoms with Crippen LogP contribution in [0.2, 0.25) is 0 Å². The quantitative estimate of drug-likeness (QED) is 0.264. The third-order valence-electron chi connectivity index (χ3n) is 13.2. The van der Waals surface area contributed by atoms with Gasteiger partial charge in [0.05, 0.1) is 31.0 Å². The second-order valence-electron chi connectivity index (χ2n) is 17.2. The first kappa shape index (κ1) is 42.9. The lowest BCUT2D eigenvalue weighted by Gasteiger charge is -2.62. The van der Waals surface area contributed by atoms with Gasteiger partial charge in [0.2, 0.25) is 5.78 Å². The van der Waals surface area contributed by atoms with Crippen LogP contribution in [0.4, 0.5) is 9.18 Å². The standard InChI is InChI=1S/C28H37FO9P.C12H14N4O4/c1-24(2)37-22-13-19-18-7-6-16-12-17(30)8-9-25(16,3)27(18,29)20(31)14-26(19,4)28(22,38-24)21(32)15-36-23(33)35-10-11-39(5)34;1-7(17)19-4-8-2-3-9(20-8)16-6-15-10-11(16)13-5-14-12(10)18/h8-9,12,18-20,22,31H,6-7,10-11,13-15H2,1-5H3;5-6,8-9H,2-4H2,1H3,(H,13,14,18)/q+1;/t18?,19?,20-,22+,25-,26-,27-,28+;/m0./s1. The first-order chi connectivity index (χ1) is 27.8. The number of carbonyl (C=O) groups is 4. The number of carbonyl (C=O) groups excluding carboxylic acids is 4. The summed E-state index contributed by atoms with van der Waals surface area (Å²) in [7, 11) is -1.49. The Balaban J connectivity index is 0.000000221. The Morgan fingerprint density at radius 1 is 1.08 bits per heavy atom. The van der Waals surface area contributed by atoms with Gasteiger partial charge in [-0.25, -0.2) is 19.2 Å². The molecule has 6 aliphatic rings. The number of hydrogen-bond donors (Lipinski definition) is 2. The smallest absolute Gasteiger partial charge is 0.463 e. The number of hydrogen-bond acceptors (Lipinski definition) is 15. The van der Waals surface area contributed by atoms with E-state index in [-0.39, 0.29) is 61.4 Å². The molecule has 4 heterocycles. The number of fused-ring (bicyclic) bond motifs is 8. The van der Waals surface area contributed by atoms with Crippen molar-refractivity contribution in [2.75, 3.05) is 32.6 Å². The van der Waals surface area contributed by atoms with Crippen LogP contribution in [-0.2, 0) is 47.4 Å². The highest BCUT2D eigenvalue weighted by Gasteiger charge is 2.80. The van der Waals surface area contributed by atoms with Crippen LogP contribution in [0.1, 0.15) is 79.4 Å². The van der Waals surface area contributed by atoms with Crippen molar-refractivity contribution < 1.29 is 61.7 Å². The molecule has 0 aromatic carbocycles. The van der Waals surface area contributed by atoms with Crippen molar-refractivity contribution in [3.8, 4) is 0 Å². The average Bonchev–Trinajstić information content (AvgIpc) is 3.92. The largest absolute Gasteiger partial charge is 0.508 e. The normalized spacial score (nSPS) is 36.6. The maximum Gasteiger partial charge on any atom is 0.508 e. The molecule has 2 aromatic heterocycles. The Morgan fingerprint density at radius 3 is 2.58 bits per heavy atom. The summed E-state index contributed by atoms with van der Waals surface area (Å²) < 4.78 is 63.8. The monoisotopic (exact) mass is 845 g/mol. The third-order valence-corrected chi connectivity index (χ3v) is 14.0. The van der Waals surface area contributed by atoms with Crippen molar-refractivity contribution in [3.05, 3.63) is 46.8 Å². The summed E-state index contributed by atoms with van der Waals surface area (Å²) >= 11 is 0. The van der Waals surface area contributed by atoms with Gasteiger partial charge >= 0.3 is 19.9 Å². The zero-order valence-electron chi connectivity index (χ0n) is 33.9. The molecule has 320 valence electrons. The number of rotatable bonds is 9. The van der Waals surface area contributed by atoms with Crippen molar-refractivity contribution in [1.29, 1.82) is 0 Å². The van der Waals surface area contributed by atoms with Gasteiger partial charge in [-0.15, -0.1) is 0 Å². The summed E-state index contributed by atoms with van der Waals surface area (Å²) in [6.45, 7) is 9.35. The Morgan fingerprint density at radius 2 is 1.85 bits per heavy atom. The van der Waals surface area contributed by atoms with Gasteiger partial charge in [-0.2, -0.15) is 0 Å². The molecule has 2 aliphatic heterocycles. The van der Waals surface area contributed by atoms with E-state index in [9.17, 15) is 33.6 Å². The number of nitrogens with zero attached hydrogens (tertiary/aromatic N) is 3. The average molecular weight is 846 g/mol. The molecule has 17 nitrogen and oxygen atoms in total. The van der Waals surface area contributed by atoms with Crippen molar-refractivity contribution in [1.82, 2.24) is 19.5 Å². The summed E-state index contributed by atoms with van der Waals surface area (Å²) in [6.07, 6.45) is 6.57. The minimum atomic E-state index is -2.06. The number of ketones is 2. The van der Waals surface area contributed by atoms with Crippen molar-refractivity contribution in [2.24, 2.45) is 22.7 Å². The number of imidazole rings is 1. The second-order valence-corrected chi connectivity index (χ2v) is 18.9. The molecule has 11 atom stereocenters. The van der Waals surface area contributed by atoms with Gasteiger partial charge in [0.15, 0.2) is 46.8 Å². The van der Waals surface area contributed by atoms with E-state index in [4.69, 9.17) is 28.4 Å². The van der Waals surface area contributed by atoms with Crippen LogP contribution in [0, 0.1) is 22.7 Å². The number of ether oxygens (including phenoxy) is 6. The van der Waals surface area contributed by atoms with E-state index in [1.165, 1.54) is 32.1 Å². The highest BCUT2D eigenvalue weighted by atomic mass is 31.1. The fourth-order valence-corrected chi connectivity index (χ4v) is 11.0. The van der Waals surface area contributed by atoms with Crippen LogP contribution in [0.3, 0.4) is 0 Å². The molecule has 3 saturated carbocycles. The van der Waals surface area contributed by atoms with E-state index in [0.29, 0.717) is 36.0 Å². The molecule has 5 unspecified atom stereocenters. The zero-order chi connectivity index (χ0) is 42.7. The summed E-state index contributed by atoms with van der Waals surface area (Å²) in [5.74, 6) is -3.18. The van der Waals surface area contributed by atoms with E-state index < -0.39 is 72.4 Å². The fraction of sp³-hybridized carbons (Fsp3) is 0.675. The summed E-state index contributed by atoms with van der Waals surface area (Å²) in [5, 5.41) is 11.6. The Hall–Kier alpha value is -4.22. The molecular formula is C40H51FN4O13P+. The van der Waals surface area contributed by atoms with E-state index >= 15 is 4.39 Å². The molecule has 8 rings (SSSR count). The number of aromatic nitrogens is 4. The number of allylic oxidation sites excluding steroid dienone is 4. The second kappa shape index (κ2) is 15.7. The van der Waals surface area contributed by atoms with Crippen LogP contribution >= 0.6 is 7.80 Å². The number of nitrogens with one attached hydrogen (secondary N) is 1. The van der Waals surface area contributed by atoms with Crippen molar-refractivity contribution >= 4 is 42.7 Å².